The van der Waals surface area contributed by atoms with Crippen molar-refractivity contribution in [1.82, 2.24) is 15.2 Å². The van der Waals surface area contributed by atoms with Crippen molar-refractivity contribution in [2.24, 2.45) is 0 Å². The number of pyridine rings is 1. The number of nitrogens with zero attached hydrogens (tertiary/aromatic N) is 3. The van der Waals surface area contributed by atoms with E-state index in [1.807, 2.05) is 30.3 Å². The highest BCUT2D eigenvalue weighted by Crippen LogP contribution is 2.37. The summed E-state index contributed by atoms with van der Waals surface area (Å²) >= 11 is 0. The summed E-state index contributed by atoms with van der Waals surface area (Å²) in [6, 6.07) is 18.3. The fourth-order valence-electron chi connectivity index (χ4n) is 4.81. The number of hydrogen-bond donors (Lipinski definition) is 0. The zero-order valence-electron chi connectivity index (χ0n) is 20.6. The van der Waals surface area contributed by atoms with E-state index in [0.29, 0.717) is 30.2 Å². The molecule has 0 saturated heterocycles. The molecule has 35 heavy (non-hydrogen) atoms. The van der Waals surface area contributed by atoms with Crippen molar-refractivity contribution >= 4 is 0 Å². The number of rotatable bonds is 8. The van der Waals surface area contributed by atoms with E-state index in [1.165, 1.54) is 12.8 Å². The molecule has 1 saturated carbocycles. The molecule has 6 nitrogen and oxygen atoms in total. The molecule has 2 aromatic heterocycles. The van der Waals surface area contributed by atoms with Crippen LogP contribution in [0.2, 0.25) is 0 Å². The van der Waals surface area contributed by atoms with E-state index >= 15 is 0 Å². The average molecular weight is 470 g/mol. The number of ether oxygens (including phenoxy) is 2. The summed E-state index contributed by atoms with van der Waals surface area (Å²) in [5.74, 6) is 2.92. The lowest BCUT2D eigenvalue weighted by Crippen LogP contribution is -2.01. The van der Waals surface area contributed by atoms with E-state index < -0.39 is 0 Å². The molecule has 0 unspecified atom stereocenters. The molecule has 0 bridgehead atoms. The molecule has 1 fully saturated rings. The second-order valence-corrected chi connectivity index (χ2v) is 9.13. The predicted molar refractivity (Wildman–Crippen MR) is 136 cm³/mol. The van der Waals surface area contributed by atoms with Gasteiger partial charge >= 0.3 is 0 Å². The first-order valence-corrected chi connectivity index (χ1v) is 12.3. The number of methoxy groups -OCH3 is 1. The molecule has 1 aliphatic carbocycles. The molecule has 4 aromatic rings. The molecule has 0 amide bonds. The van der Waals surface area contributed by atoms with E-state index in [0.717, 1.165) is 58.5 Å². The molecular weight excluding hydrogens is 438 g/mol. The number of aryl methyl sites for hydroxylation is 2. The largest absolute Gasteiger partial charge is 0.488 e. The van der Waals surface area contributed by atoms with Crippen LogP contribution in [0.5, 0.6) is 11.6 Å². The van der Waals surface area contributed by atoms with Crippen molar-refractivity contribution < 1.29 is 13.9 Å². The lowest BCUT2D eigenvalue weighted by Gasteiger charge is -2.15. The smallest absolute Gasteiger partial charge is 0.248 e. The van der Waals surface area contributed by atoms with Gasteiger partial charge in [0.15, 0.2) is 0 Å². The standard InChI is InChI=1S/C29H31N3O3/c1-4-21-15-23(14-19(2)27(21)34-18-20-10-6-5-7-11-20)28-31-32-29(35-28)24-16-25(22-12-8-9-13-22)30-26(17-24)33-3/h5-7,10-11,14-17,22H,4,8-9,12-13,18H2,1-3H3. The fourth-order valence-corrected chi connectivity index (χ4v) is 4.81. The molecule has 1 aliphatic rings. The molecule has 0 atom stereocenters. The molecule has 0 aliphatic heterocycles. The van der Waals surface area contributed by atoms with Crippen LogP contribution in [0.3, 0.4) is 0 Å². The van der Waals surface area contributed by atoms with Gasteiger partial charge in [-0.05, 0) is 61.1 Å². The molecule has 180 valence electrons. The van der Waals surface area contributed by atoms with Gasteiger partial charge < -0.3 is 13.9 Å². The minimum absolute atomic E-state index is 0.462. The lowest BCUT2D eigenvalue weighted by molar-refractivity contribution is 0.301. The maximum atomic E-state index is 6.21. The van der Waals surface area contributed by atoms with Gasteiger partial charge in [0, 0.05) is 28.8 Å². The Hall–Kier alpha value is -3.67. The van der Waals surface area contributed by atoms with Crippen LogP contribution in [0, 0.1) is 6.92 Å². The topological polar surface area (TPSA) is 70.3 Å². The maximum absolute atomic E-state index is 6.21. The SMILES string of the molecule is CCc1cc(-c2nnc(-c3cc(OC)nc(C4CCCC4)c3)o2)cc(C)c1OCc1ccccc1. The lowest BCUT2D eigenvalue weighted by atomic mass is 10.0. The van der Waals surface area contributed by atoms with Crippen LogP contribution in [-0.2, 0) is 13.0 Å². The minimum Gasteiger partial charge on any atom is -0.488 e. The van der Waals surface area contributed by atoms with E-state index in [-0.39, 0.29) is 0 Å². The molecule has 0 N–H and O–H groups in total. The summed E-state index contributed by atoms with van der Waals surface area (Å²) < 4.78 is 17.8. The summed E-state index contributed by atoms with van der Waals surface area (Å²) in [6.45, 7) is 4.72. The number of hydrogen-bond acceptors (Lipinski definition) is 6. The van der Waals surface area contributed by atoms with Gasteiger partial charge in [-0.25, -0.2) is 4.98 Å². The highest BCUT2D eigenvalue weighted by atomic mass is 16.5. The van der Waals surface area contributed by atoms with Gasteiger partial charge in [-0.1, -0.05) is 50.1 Å². The third kappa shape index (κ3) is 5.06. The third-order valence-corrected chi connectivity index (χ3v) is 6.68. The molecule has 5 rings (SSSR count). The van der Waals surface area contributed by atoms with Crippen molar-refractivity contribution in [3.63, 3.8) is 0 Å². The Morgan fingerprint density at radius 3 is 2.34 bits per heavy atom. The zero-order chi connectivity index (χ0) is 24.2. The van der Waals surface area contributed by atoms with Crippen LogP contribution in [0.4, 0.5) is 0 Å². The Kier molecular flexibility index (Phi) is 6.80. The van der Waals surface area contributed by atoms with Crippen LogP contribution >= 0.6 is 0 Å². The second kappa shape index (κ2) is 10.3. The van der Waals surface area contributed by atoms with Crippen molar-refractivity contribution in [2.45, 2.75) is 58.5 Å². The first kappa shape index (κ1) is 23.1. The highest BCUT2D eigenvalue weighted by molar-refractivity contribution is 5.63. The Labute approximate surface area is 206 Å². The van der Waals surface area contributed by atoms with Crippen LogP contribution in [0.1, 0.15) is 60.9 Å². The van der Waals surface area contributed by atoms with Gasteiger partial charge in [0.05, 0.1) is 7.11 Å². The number of benzene rings is 2. The summed E-state index contributed by atoms with van der Waals surface area (Å²) in [5.41, 5.74) is 6.08. The van der Waals surface area contributed by atoms with E-state index in [2.05, 4.69) is 53.3 Å². The third-order valence-electron chi connectivity index (χ3n) is 6.68. The Bertz CT molecular complexity index is 1290. The van der Waals surface area contributed by atoms with Gasteiger partial charge in [0.2, 0.25) is 17.7 Å². The molecule has 2 heterocycles. The molecular formula is C29H31N3O3. The summed E-state index contributed by atoms with van der Waals surface area (Å²) in [5, 5.41) is 8.72. The maximum Gasteiger partial charge on any atom is 0.248 e. The fraction of sp³-hybridized carbons (Fsp3) is 0.345. The Morgan fingerprint density at radius 2 is 1.66 bits per heavy atom. The van der Waals surface area contributed by atoms with Gasteiger partial charge in [-0.15, -0.1) is 10.2 Å². The van der Waals surface area contributed by atoms with Crippen LogP contribution < -0.4 is 9.47 Å². The zero-order valence-corrected chi connectivity index (χ0v) is 20.6. The van der Waals surface area contributed by atoms with E-state index in [1.54, 1.807) is 7.11 Å². The van der Waals surface area contributed by atoms with E-state index in [9.17, 15) is 0 Å². The van der Waals surface area contributed by atoms with Crippen molar-refractivity contribution in [3.05, 3.63) is 77.0 Å². The first-order chi connectivity index (χ1) is 17.1. The van der Waals surface area contributed by atoms with Crippen LogP contribution in [0.15, 0.2) is 59.0 Å². The van der Waals surface area contributed by atoms with Crippen molar-refractivity contribution in [2.75, 3.05) is 7.11 Å². The van der Waals surface area contributed by atoms with Crippen molar-refractivity contribution in [3.8, 4) is 34.5 Å². The normalized spacial score (nSPS) is 13.8. The van der Waals surface area contributed by atoms with Gasteiger partial charge in [0.25, 0.3) is 0 Å². The summed E-state index contributed by atoms with van der Waals surface area (Å²) in [7, 11) is 1.64. The minimum atomic E-state index is 0.462. The van der Waals surface area contributed by atoms with Gasteiger partial charge in [-0.2, -0.15) is 0 Å². The van der Waals surface area contributed by atoms with E-state index in [4.69, 9.17) is 13.9 Å². The Morgan fingerprint density at radius 1 is 0.943 bits per heavy atom. The predicted octanol–water partition coefficient (Wildman–Crippen LogP) is 6.91. The van der Waals surface area contributed by atoms with Crippen LogP contribution in [0.25, 0.3) is 22.9 Å². The van der Waals surface area contributed by atoms with Gasteiger partial charge in [0.1, 0.15) is 12.4 Å². The molecule has 0 radical (unpaired) electrons. The quantitative estimate of drug-likeness (QED) is 0.279. The monoisotopic (exact) mass is 469 g/mol. The summed E-state index contributed by atoms with van der Waals surface area (Å²) in [4.78, 5) is 4.68. The second-order valence-electron chi connectivity index (χ2n) is 9.13. The summed E-state index contributed by atoms with van der Waals surface area (Å²) in [6.07, 6.45) is 5.65. The first-order valence-electron chi connectivity index (χ1n) is 12.3. The molecule has 6 heteroatoms. The van der Waals surface area contributed by atoms with Gasteiger partial charge in [-0.3, -0.25) is 0 Å². The van der Waals surface area contributed by atoms with Crippen LogP contribution in [-0.4, -0.2) is 22.3 Å². The van der Waals surface area contributed by atoms with Crippen molar-refractivity contribution in [1.29, 1.82) is 0 Å². The molecule has 0 spiro atoms. The number of aromatic nitrogens is 3. The highest BCUT2D eigenvalue weighted by Gasteiger charge is 2.22. The average Bonchev–Trinajstić information content (AvgIpc) is 3.61. The Balaban J connectivity index is 1.42. The molecule has 2 aromatic carbocycles.